The van der Waals surface area contributed by atoms with Gasteiger partial charge in [0.15, 0.2) is 0 Å². The fourth-order valence-electron chi connectivity index (χ4n) is 4.88. The molecule has 0 aromatic carbocycles. The molecule has 1 aliphatic carbocycles. The van der Waals surface area contributed by atoms with E-state index in [1.165, 1.54) is 57.8 Å². The molecular formula is C18H32N2O. The molecule has 1 amide bonds. The van der Waals surface area contributed by atoms with Crippen molar-refractivity contribution in [3.8, 4) is 0 Å². The zero-order valence-electron chi connectivity index (χ0n) is 13.8. The minimum absolute atomic E-state index is 0.404. The Morgan fingerprint density at radius 2 is 1.62 bits per heavy atom. The maximum absolute atomic E-state index is 12.6. The van der Waals surface area contributed by atoms with Crippen LogP contribution in [0.25, 0.3) is 0 Å². The van der Waals surface area contributed by atoms with E-state index >= 15 is 0 Å². The van der Waals surface area contributed by atoms with E-state index in [1.54, 1.807) is 0 Å². The summed E-state index contributed by atoms with van der Waals surface area (Å²) in [6, 6.07) is 1.91. The Labute approximate surface area is 129 Å². The topological polar surface area (TPSA) is 32.3 Å². The first kappa shape index (κ1) is 15.3. The first-order chi connectivity index (χ1) is 10.2. The van der Waals surface area contributed by atoms with Crippen molar-refractivity contribution >= 4 is 5.91 Å². The quantitative estimate of drug-likeness (QED) is 0.862. The van der Waals surface area contributed by atoms with Crippen molar-refractivity contribution < 1.29 is 4.79 Å². The van der Waals surface area contributed by atoms with Crippen molar-refractivity contribution in [1.29, 1.82) is 0 Å². The molecule has 0 spiro atoms. The standard InChI is InChI=1S/C18H32N2O/c1-3-13-4-8-17(9-5-13)20(2)18(21)12-14-10-15-6-7-16(11-14)19-15/h13-17,19H,3-12H2,1-2H3. The van der Waals surface area contributed by atoms with E-state index in [-0.39, 0.29) is 0 Å². The second-order valence-electron chi connectivity index (χ2n) is 7.77. The monoisotopic (exact) mass is 292 g/mol. The molecule has 2 atom stereocenters. The van der Waals surface area contributed by atoms with Gasteiger partial charge in [-0.2, -0.15) is 0 Å². The highest BCUT2D eigenvalue weighted by Crippen LogP contribution is 2.34. The summed E-state index contributed by atoms with van der Waals surface area (Å²) in [6.07, 6.45) is 12.3. The van der Waals surface area contributed by atoms with Gasteiger partial charge in [-0.1, -0.05) is 13.3 Å². The lowest BCUT2D eigenvalue weighted by molar-refractivity contribution is -0.134. The Hall–Kier alpha value is -0.570. The summed E-state index contributed by atoms with van der Waals surface area (Å²) in [5, 5.41) is 3.67. The number of rotatable bonds is 4. The molecule has 120 valence electrons. The van der Waals surface area contributed by atoms with Crippen molar-refractivity contribution in [3.05, 3.63) is 0 Å². The highest BCUT2D eigenvalue weighted by atomic mass is 16.2. The Morgan fingerprint density at radius 3 is 2.19 bits per heavy atom. The van der Waals surface area contributed by atoms with Gasteiger partial charge in [0, 0.05) is 31.6 Å². The number of fused-ring (bicyclic) bond motifs is 2. The van der Waals surface area contributed by atoms with Gasteiger partial charge < -0.3 is 10.2 Å². The maximum Gasteiger partial charge on any atom is 0.222 e. The number of carbonyl (C=O) groups is 1. The summed E-state index contributed by atoms with van der Waals surface area (Å²) in [5.74, 6) is 1.94. The van der Waals surface area contributed by atoms with Crippen LogP contribution < -0.4 is 5.32 Å². The van der Waals surface area contributed by atoms with E-state index in [0.29, 0.717) is 30.0 Å². The lowest BCUT2D eigenvalue weighted by atomic mass is 9.83. The van der Waals surface area contributed by atoms with Gasteiger partial charge in [-0.15, -0.1) is 0 Å². The van der Waals surface area contributed by atoms with Gasteiger partial charge in [-0.3, -0.25) is 4.79 Å². The zero-order chi connectivity index (χ0) is 14.8. The van der Waals surface area contributed by atoms with E-state index < -0.39 is 0 Å². The van der Waals surface area contributed by atoms with Gasteiger partial charge in [-0.25, -0.2) is 0 Å². The molecule has 3 heteroatoms. The van der Waals surface area contributed by atoms with Crippen LogP contribution in [0, 0.1) is 11.8 Å². The molecule has 1 N–H and O–H groups in total. The van der Waals surface area contributed by atoms with E-state index in [1.807, 2.05) is 0 Å². The molecule has 2 bridgehead atoms. The van der Waals surface area contributed by atoms with Crippen molar-refractivity contribution in [2.45, 2.75) is 89.3 Å². The Kier molecular flexibility index (Phi) is 4.88. The van der Waals surface area contributed by atoms with Gasteiger partial charge in [0.05, 0.1) is 0 Å². The Balaban J connectivity index is 1.46. The predicted molar refractivity (Wildman–Crippen MR) is 86.1 cm³/mol. The summed E-state index contributed by atoms with van der Waals surface area (Å²) in [7, 11) is 2.05. The van der Waals surface area contributed by atoms with Crippen LogP contribution in [0.3, 0.4) is 0 Å². The van der Waals surface area contributed by atoms with E-state index in [0.717, 1.165) is 12.3 Å². The summed E-state index contributed by atoms with van der Waals surface area (Å²) in [4.78, 5) is 14.7. The molecule has 3 aliphatic rings. The highest BCUT2D eigenvalue weighted by molar-refractivity contribution is 5.76. The van der Waals surface area contributed by atoms with Crippen LogP contribution in [-0.2, 0) is 4.79 Å². The molecular weight excluding hydrogens is 260 g/mol. The molecule has 0 radical (unpaired) electrons. The number of hydrogen-bond acceptors (Lipinski definition) is 2. The largest absolute Gasteiger partial charge is 0.343 e. The van der Waals surface area contributed by atoms with Gasteiger partial charge >= 0.3 is 0 Å². The van der Waals surface area contributed by atoms with Crippen LogP contribution in [-0.4, -0.2) is 36.0 Å². The van der Waals surface area contributed by atoms with Gasteiger partial charge in [0.25, 0.3) is 0 Å². The minimum Gasteiger partial charge on any atom is -0.343 e. The van der Waals surface area contributed by atoms with Gasteiger partial charge in [0.2, 0.25) is 5.91 Å². The van der Waals surface area contributed by atoms with Crippen LogP contribution in [0.4, 0.5) is 0 Å². The number of piperidine rings is 1. The average molecular weight is 292 g/mol. The lowest BCUT2D eigenvalue weighted by Crippen LogP contribution is -2.43. The van der Waals surface area contributed by atoms with Crippen LogP contribution in [0.5, 0.6) is 0 Å². The van der Waals surface area contributed by atoms with Crippen molar-refractivity contribution in [3.63, 3.8) is 0 Å². The SMILES string of the molecule is CCC1CCC(N(C)C(=O)CC2CC3CCC(C2)N3)CC1. The number of hydrogen-bond donors (Lipinski definition) is 1. The molecule has 21 heavy (non-hydrogen) atoms. The van der Waals surface area contributed by atoms with Gasteiger partial charge in [-0.05, 0) is 63.2 Å². The van der Waals surface area contributed by atoms with Crippen LogP contribution in [0.15, 0.2) is 0 Å². The third-order valence-corrected chi connectivity index (χ3v) is 6.37. The van der Waals surface area contributed by atoms with Crippen molar-refractivity contribution in [2.24, 2.45) is 11.8 Å². The third kappa shape index (κ3) is 3.61. The van der Waals surface area contributed by atoms with Crippen molar-refractivity contribution in [2.75, 3.05) is 7.05 Å². The molecule has 2 saturated heterocycles. The van der Waals surface area contributed by atoms with E-state index in [9.17, 15) is 4.79 Å². The number of nitrogens with zero attached hydrogens (tertiary/aromatic N) is 1. The second-order valence-corrected chi connectivity index (χ2v) is 7.77. The second kappa shape index (κ2) is 6.68. The van der Waals surface area contributed by atoms with Crippen LogP contribution in [0.1, 0.15) is 71.1 Å². The molecule has 3 fully saturated rings. The first-order valence-corrected chi connectivity index (χ1v) is 9.17. The molecule has 2 aliphatic heterocycles. The van der Waals surface area contributed by atoms with E-state index in [4.69, 9.17) is 0 Å². The third-order valence-electron chi connectivity index (χ3n) is 6.37. The molecule has 3 rings (SSSR count). The fraction of sp³-hybridized carbons (Fsp3) is 0.944. The zero-order valence-corrected chi connectivity index (χ0v) is 13.8. The van der Waals surface area contributed by atoms with Gasteiger partial charge in [0.1, 0.15) is 0 Å². The van der Waals surface area contributed by atoms with Crippen LogP contribution in [0.2, 0.25) is 0 Å². The Bertz CT molecular complexity index is 350. The normalized spacial score (nSPS) is 39.2. The first-order valence-electron chi connectivity index (χ1n) is 9.17. The predicted octanol–water partition coefficient (Wildman–Crippen LogP) is 3.33. The number of nitrogens with one attached hydrogen (secondary N) is 1. The molecule has 3 nitrogen and oxygen atoms in total. The smallest absolute Gasteiger partial charge is 0.222 e. The lowest BCUT2D eigenvalue weighted by Gasteiger charge is -2.36. The minimum atomic E-state index is 0.404. The summed E-state index contributed by atoms with van der Waals surface area (Å²) < 4.78 is 0. The van der Waals surface area contributed by atoms with E-state index in [2.05, 4.69) is 24.2 Å². The number of carbonyl (C=O) groups excluding carboxylic acids is 1. The van der Waals surface area contributed by atoms with Crippen LogP contribution >= 0.6 is 0 Å². The highest BCUT2D eigenvalue weighted by Gasteiger charge is 2.35. The molecule has 1 saturated carbocycles. The number of amides is 1. The fourth-order valence-corrected chi connectivity index (χ4v) is 4.88. The van der Waals surface area contributed by atoms with Crippen molar-refractivity contribution in [1.82, 2.24) is 10.2 Å². The molecule has 0 aromatic heterocycles. The maximum atomic E-state index is 12.6. The summed E-state index contributed by atoms with van der Waals surface area (Å²) in [5.41, 5.74) is 0. The average Bonchev–Trinajstić information content (AvgIpc) is 2.85. The molecule has 0 aromatic rings. The molecule has 2 heterocycles. The Morgan fingerprint density at radius 1 is 1.00 bits per heavy atom. The molecule has 2 unspecified atom stereocenters. The summed E-state index contributed by atoms with van der Waals surface area (Å²) >= 11 is 0. The summed E-state index contributed by atoms with van der Waals surface area (Å²) in [6.45, 7) is 2.30.